The Morgan fingerprint density at radius 2 is 0.852 bits per heavy atom. The molecule has 0 radical (unpaired) electrons. The predicted molar refractivity (Wildman–Crippen MR) is 309 cm³/mol. The van der Waals surface area contributed by atoms with E-state index in [0.717, 1.165) is 51.4 Å². The van der Waals surface area contributed by atoms with Gasteiger partial charge in [-0.3, -0.25) is 4.79 Å². The summed E-state index contributed by atoms with van der Waals surface area (Å²) in [5.74, 6) is -0.293. The van der Waals surface area contributed by atoms with Crippen molar-refractivity contribution in [3.05, 3.63) is 60.8 Å². The van der Waals surface area contributed by atoms with Crippen LogP contribution in [0.25, 0.3) is 0 Å². The molecule has 0 aromatic rings. The Balaban J connectivity index is 1.36. The Morgan fingerprint density at radius 1 is 0.444 bits per heavy atom. The Bertz CT molecular complexity index is 1710. The van der Waals surface area contributed by atoms with Gasteiger partial charge in [0.05, 0.1) is 38.6 Å². The van der Waals surface area contributed by atoms with Gasteiger partial charge in [-0.05, 0) is 64.2 Å². The van der Waals surface area contributed by atoms with Crippen LogP contribution in [0.15, 0.2) is 60.8 Å². The van der Waals surface area contributed by atoms with Gasteiger partial charge in [-0.1, -0.05) is 184 Å². The average molecular weight is 1160 g/mol. The maximum absolute atomic E-state index is 13.3. The van der Waals surface area contributed by atoms with Gasteiger partial charge in [0, 0.05) is 6.42 Å². The van der Waals surface area contributed by atoms with Crippen molar-refractivity contribution in [3.8, 4) is 0 Å². The molecule has 1 amide bonds. The first-order valence-corrected chi connectivity index (χ1v) is 31.0. The largest absolute Gasteiger partial charge is 0.394 e. The third-order valence-electron chi connectivity index (χ3n) is 15.3. The zero-order valence-corrected chi connectivity index (χ0v) is 49.0. The van der Waals surface area contributed by atoms with E-state index in [4.69, 9.17) is 28.4 Å². The van der Waals surface area contributed by atoms with Crippen LogP contribution in [0, 0.1) is 0 Å². The van der Waals surface area contributed by atoms with Gasteiger partial charge in [0.15, 0.2) is 18.9 Å². The lowest BCUT2D eigenvalue weighted by Crippen LogP contribution is -2.66. The number of hydrogen-bond acceptors (Lipinski definition) is 18. The van der Waals surface area contributed by atoms with Crippen molar-refractivity contribution in [2.75, 3.05) is 26.4 Å². The summed E-state index contributed by atoms with van der Waals surface area (Å²) >= 11 is 0. The minimum Gasteiger partial charge on any atom is -0.394 e. The standard InChI is InChI=1S/C62H109NO18/c1-3-5-7-9-11-12-13-14-15-16-17-18-19-20-21-22-23-24-25-26-27-28-29-30-31-32-34-36-38-40-50(68)63-45(46(67)39-37-35-33-10-8-6-4-2)44-76-60-56(74)53(71)58(48(42-65)78-60)81-62-57(75)54(72)59(49(43-66)79-62)80-61-55(73)52(70)51(69)47(41-64)77-61/h8,10,13-14,16-17,19-20,37,39,45-49,51-62,64-67,69-75H,3-7,9,11-12,15,18,21-36,38,40-44H2,1-2H3,(H,63,68)/b10-8+,14-13-,17-16-,20-19-,39-37+. The summed E-state index contributed by atoms with van der Waals surface area (Å²) in [5.41, 5.74) is 0. The number of amides is 1. The Labute approximate surface area is 484 Å². The van der Waals surface area contributed by atoms with Gasteiger partial charge in [-0.15, -0.1) is 0 Å². The smallest absolute Gasteiger partial charge is 0.220 e. The number of ether oxygens (including phenoxy) is 6. The highest BCUT2D eigenvalue weighted by Crippen LogP contribution is 2.33. The third-order valence-corrected chi connectivity index (χ3v) is 15.3. The Hall–Kier alpha value is -2.51. The second kappa shape index (κ2) is 44.9. The number of carbonyl (C=O) groups excluding carboxylic acids is 1. The molecule has 470 valence electrons. The van der Waals surface area contributed by atoms with Gasteiger partial charge in [0.1, 0.15) is 73.2 Å². The first-order valence-electron chi connectivity index (χ1n) is 31.0. The summed E-state index contributed by atoms with van der Waals surface area (Å²) in [6, 6.07) is -0.989. The molecule has 0 aromatic carbocycles. The quantitative estimate of drug-likeness (QED) is 0.0244. The van der Waals surface area contributed by atoms with Gasteiger partial charge in [-0.25, -0.2) is 0 Å². The molecular formula is C62H109NO18. The summed E-state index contributed by atoms with van der Waals surface area (Å²) in [4.78, 5) is 13.3. The number of allylic oxidation sites excluding steroid dienone is 9. The van der Waals surface area contributed by atoms with Gasteiger partial charge in [0.25, 0.3) is 0 Å². The van der Waals surface area contributed by atoms with E-state index < -0.39 is 124 Å². The van der Waals surface area contributed by atoms with E-state index in [1.807, 2.05) is 6.08 Å². The molecule has 19 heteroatoms. The van der Waals surface area contributed by atoms with Crippen LogP contribution in [0.3, 0.4) is 0 Å². The highest BCUT2D eigenvalue weighted by Gasteiger charge is 2.53. The summed E-state index contributed by atoms with van der Waals surface area (Å²) in [6.45, 7) is 1.55. The zero-order valence-electron chi connectivity index (χ0n) is 49.0. The first kappa shape index (κ1) is 72.7. The SMILES string of the molecule is CCC/C=C/CC/C=C/C(O)C(COC1OC(CO)C(OC2OC(CO)C(OC3OC(CO)C(O)C(O)C3O)C(O)C2O)C(O)C1O)NC(=O)CCCCCCCCCCCCCCCC/C=C\C/C=C\C/C=C\CCCCCCC. The maximum Gasteiger partial charge on any atom is 0.220 e. The lowest BCUT2D eigenvalue weighted by Gasteiger charge is -2.48. The highest BCUT2D eigenvalue weighted by atomic mass is 16.8. The molecule has 19 nitrogen and oxygen atoms in total. The second-order valence-electron chi connectivity index (χ2n) is 22.2. The van der Waals surface area contributed by atoms with Crippen molar-refractivity contribution in [1.82, 2.24) is 5.32 Å². The molecule has 3 aliphatic heterocycles. The lowest BCUT2D eigenvalue weighted by molar-refractivity contribution is -0.379. The summed E-state index contributed by atoms with van der Waals surface area (Å²) in [7, 11) is 0. The van der Waals surface area contributed by atoms with Crippen molar-refractivity contribution in [2.24, 2.45) is 0 Å². The van der Waals surface area contributed by atoms with Crippen LogP contribution in [0.1, 0.15) is 194 Å². The monoisotopic (exact) mass is 1160 g/mol. The molecule has 12 N–H and O–H groups in total. The predicted octanol–water partition coefficient (Wildman–Crippen LogP) is 6.04. The fraction of sp³-hybridized carbons (Fsp3) is 0.823. The van der Waals surface area contributed by atoms with Crippen LogP contribution in [0.2, 0.25) is 0 Å². The van der Waals surface area contributed by atoms with Crippen LogP contribution in [-0.2, 0) is 33.2 Å². The van der Waals surface area contributed by atoms with E-state index in [1.165, 1.54) is 109 Å². The van der Waals surface area contributed by atoms with E-state index in [2.05, 4.69) is 67.8 Å². The lowest BCUT2D eigenvalue weighted by atomic mass is 9.96. The number of nitrogens with one attached hydrogen (secondary N) is 1. The van der Waals surface area contributed by atoms with E-state index in [9.17, 15) is 61.0 Å². The minimum absolute atomic E-state index is 0.232. The molecule has 17 atom stereocenters. The van der Waals surface area contributed by atoms with E-state index in [-0.39, 0.29) is 18.9 Å². The Kier molecular flexibility index (Phi) is 40.3. The van der Waals surface area contributed by atoms with Crippen LogP contribution in [0.4, 0.5) is 0 Å². The van der Waals surface area contributed by atoms with Crippen molar-refractivity contribution in [1.29, 1.82) is 0 Å². The van der Waals surface area contributed by atoms with E-state index >= 15 is 0 Å². The van der Waals surface area contributed by atoms with Gasteiger partial charge in [-0.2, -0.15) is 0 Å². The van der Waals surface area contributed by atoms with Crippen LogP contribution in [0.5, 0.6) is 0 Å². The average Bonchev–Trinajstić information content (AvgIpc) is 3.58. The van der Waals surface area contributed by atoms with E-state index in [0.29, 0.717) is 12.8 Å². The normalized spacial score (nSPS) is 30.2. The van der Waals surface area contributed by atoms with Crippen molar-refractivity contribution < 1.29 is 89.4 Å². The van der Waals surface area contributed by atoms with Crippen LogP contribution >= 0.6 is 0 Å². The first-order chi connectivity index (χ1) is 39.3. The number of aliphatic hydroxyl groups is 11. The highest BCUT2D eigenvalue weighted by molar-refractivity contribution is 5.76. The van der Waals surface area contributed by atoms with Crippen molar-refractivity contribution in [2.45, 2.75) is 298 Å². The zero-order chi connectivity index (χ0) is 59.0. The summed E-state index contributed by atoms with van der Waals surface area (Å²) in [5, 5.41) is 120. The summed E-state index contributed by atoms with van der Waals surface area (Å²) < 4.78 is 34.1. The van der Waals surface area contributed by atoms with Crippen LogP contribution < -0.4 is 5.32 Å². The van der Waals surface area contributed by atoms with Gasteiger partial charge in [0.2, 0.25) is 5.91 Å². The second-order valence-corrected chi connectivity index (χ2v) is 22.2. The maximum atomic E-state index is 13.3. The fourth-order valence-corrected chi connectivity index (χ4v) is 10.2. The Morgan fingerprint density at radius 3 is 1.36 bits per heavy atom. The van der Waals surface area contributed by atoms with Crippen LogP contribution in [-0.4, -0.2) is 193 Å². The molecule has 3 heterocycles. The molecular weight excluding hydrogens is 1050 g/mol. The van der Waals surface area contributed by atoms with Crippen molar-refractivity contribution >= 4 is 5.91 Å². The van der Waals surface area contributed by atoms with Crippen molar-refractivity contribution in [3.63, 3.8) is 0 Å². The fourth-order valence-electron chi connectivity index (χ4n) is 10.2. The third kappa shape index (κ3) is 28.5. The summed E-state index contributed by atoms with van der Waals surface area (Å²) in [6.07, 6.45) is 25.6. The minimum atomic E-state index is -1.98. The number of aliphatic hydroxyl groups excluding tert-OH is 11. The number of hydrogen-bond donors (Lipinski definition) is 12. The molecule has 0 spiro atoms. The molecule has 0 saturated carbocycles. The molecule has 3 aliphatic rings. The topological polar surface area (TPSA) is 307 Å². The molecule has 0 aliphatic carbocycles. The molecule has 3 saturated heterocycles. The number of unbranched alkanes of at least 4 members (excludes halogenated alkanes) is 21. The molecule has 3 fully saturated rings. The van der Waals surface area contributed by atoms with Gasteiger partial charge < -0.3 is 89.9 Å². The molecule has 0 aromatic heterocycles. The molecule has 81 heavy (non-hydrogen) atoms. The number of carbonyl (C=O) groups is 1. The molecule has 0 bridgehead atoms. The molecule has 17 unspecified atom stereocenters. The molecule has 3 rings (SSSR count). The number of rotatable bonds is 45. The van der Waals surface area contributed by atoms with E-state index in [1.54, 1.807) is 6.08 Å². The van der Waals surface area contributed by atoms with Gasteiger partial charge >= 0.3 is 0 Å².